The first-order valence-electron chi connectivity index (χ1n) is 2.58. The standard InChI is InChI=1S/C6H7NO/c8-5-3-6-2-1-4-7-6/h2,4-5H,1,3H2. The molecule has 2 nitrogen and oxygen atoms in total. The van der Waals surface area contributed by atoms with Crippen LogP contribution in [0.1, 0.15) is 12.8 Å². The van der Waals surface area contributed by atoms with Crippen molar-refractivity contribution in [2.24, 2.45) is 4.99 Å². The average molecular weight is 109 g/mol. The molecule has 0 saturated heterocycles. The molecule has 1 aliphatic heterocycles. The van der Waals surface area contributed by atoms with Crippen molar-refractivity contribution in [3.63, 3.8) is 0 Å². The van der Waals surface area contributed by atoms with Gasteiger partial charge in [0.15, 0.2) is 0 Å². The van der Waals surface area contributed by atoms with Crippen LogP contribution in [0.15, 0.2) is 16.8 Å². The van der Waals surface area contributed by atoms with Crippen molar-refractivity contribution in [2.75, 3.05) is 0 Å². The number of nitrogens with zero attached hydrogens (tertiary/aromatic N) is 1. The Morgan fingerprint density at radius 1 is 1.88 bits per heavy atom. The van der Waals surface area contributed by atoms with Crippen LogP contribution in [-0.4, -0.2) is 12.5 Å². The highest BCUT2D eigenvalue weighted by Gasteiger charge is 1.94. The van der Waals surface area contributed by atoms with Gasteiger partial charge in [-0.2, -0.15) is 0 Å². The maximum absolute atomic E-state index is 9.85. The molecule has 1 aliphatic rings. The van der Waals surface area contributed by atoms with Crippen LogP contribution in [-0.2, 0) is 4.79 Å². The summed E-state index contributed by atoms with van der Waals surface area (Å²) in [7, 11) is 0. The summed E-state index contributed by atoms with van der Waals surface area (Å²) in [4.78, 5) is 13.8. The summed E-state index contributed by atoms with van der Waals surface area (Å²) in [6.45, 7) is 0. The van der Waals surface area contributed by atoms with Crippen LogP contribution < -0.4 is 0 Å². The van der Waals surface area contributed by atoms with E-state index < -0.39 is 0 Å². The summed E-state index contributed by atoms with van der Waals surface area (Å²) in [5.41, 5.74) is 0.903. The van der Waals surface area contributed by atoms with Crippen LogP contribution in [0.5, 0.6) is 0 Å². The first-order valence-corrected chi connectivity index (χ1v) is 2.58. The van der Waals surface area contributed by atoms with Crippen LogP contribution in [0.4, 0.5) is 0 Å². The predicted octanol–water partition coefficient (Wildman–Crippen LogP) is 0.934. The van der Waals surface area contributed by atoms with E-state index >= 15 is 0 Å². The van der Waals surface area contributed by atoms with E-state index in [0.29, 0.717) is 6.42 Å². The van der Waals surface area contributed by atoms with Crippen molar-refractivity contribution in [1.29, 1.82) is 0 Å². The van der Waals surface area contributed by atoms with Gasteiger partial charge in [-0.25, -0.2) is 0 Å². The molecule has 0 fully saturated rings. The van der Waals surface area contributed by atoms with E-state index in [-0.39, 0.29) is 0 Å². The zero-order valence-electron chi connectivity index (χ0n) is 4.50. The molecule has 0 bridgehead atoms. The molecule has 0 aromatic carbocycles. The molecule has 0 aromatic rings. The maximum atomic E-state index is 9.85. The van der Waals surface area contributed by atoms with Crippen molar-refractivity contribution in [1.82, 2.24) is 0 Å². The van der Waals surface area contributed by atoms with E-state index in [9.17, 15) is 4.79 Å². The van der Waals surface area contributed by atoms with E-state index in [0.717, 1.165) is 18.4 Å². The van der Waals surface area contributed by atoms with Crippen molar-refractivity contribution < 1.29 is 4.79 Å². The topological polar surface area (TPSA) is 29.4 Å². The summed E-state index contributed by atoms with van der Waals surface area (Å²) < 4.78 is 0. The molecular formula is C6H7NO. The van der Waals surface area contributed by atoms with Crippen molar-refractivity contribution in [2.45, 2.75) is 12.8 Å². The van der Waals surface area contributed by atoms with Crippen LogP contribution in [0.3, 0.4) is 0 Å². The lowest BCUT2D eigenvalue weighted by molar-refractivity contribution is -0.107. The predicted molar refractivity (Wildman–Crippen MR) is 31.9 cm³/mol. The third kappa shape index (κ3) is 1.03. The van der Waals surface area contributed by atoms with Crippen LogP contribution in [0.2, 0.25) is 0 Å². The Kier molecular flexibility index (Phi) is 1.57. The number of carbonyl (C=O) groups is 1. The zero-order valence-corrected chi connectivity index (χ0v) is 4.50. The summed E-state index contributed by atoms with van der Waals surface area (Å²) in [6.07, 6.45) is 5.99. The highest BCUT2D eigenvalue weighted by Crippen LogP contribution is 2.06. The Bertz CT molecular complexity index is 147. The lowest BCUT2D eigenvalue weighted by Gasteiger charge is -1.83. The Morgan fingerprint density at radius 3 is 3.25 bits per heavy atom. The molecule has 0 saturated carbocycles. The first-order chi connectivity index (χ1) is 3.93. The third-order valence-electron chi connectivity index (χ3n) is 1.01. The molecule has 0 unspecified atom stereocenters. The van der Waals surface area contributed by atoms with Crippen LogP contribution >= 0.6 is 0 Å². The van der Waals surface area contributed by atoms with Gasteiger partial charge in [0.25, 0.3) is 0 Å². The average Bonchev–Trinajstić information content (AvgIpc) is 2.19. The van der Waals surface area contributed by atoms with Gasteiger partial charge in [-0.3, -0.25) is 4.99 Å². The lowest BCUT2D eigenvalue weighted by atomic mass is 10.3. The molecular weight excluding hydrogens is 102 g/mol. The Morgan fingerprint density at radius 2 is 2.75 bits per heavy atom. The second-order valence-corrected chi connectivity index (χ2v) is 1.61. The number of allylic oxidation sites excluding steroid dienone is 2. The van der Waals surface area contributed by atoms with Crippen molar-refractivity contribution in [3.8, 4) is 0 Å². The minimum Gasteiger partial charge on any atom is -0.303 e. The number of rotatable bonds is 2. The summed E-state index contributed by atoms with van der Waals surface area (Å²) >= 11 is 0. The SMILES string of the molecule is O=CCC1=CCC=N1. The Hall–Kier alpha value is -0.920. The summed E-state index contributed by atoms with van der Waals surface area (Å²) in [5.74, 6) is 0. The number of hydrogen-bond acceptors (Lipinski definition) is 2. The van der Waals surface area contributed by atoms with Gasteiger partial charge in [-0.05, 0) is 0 Å². The van der Waals surface area contributed by atoms with Gasteiger partial charge >= 0.3 is 0 Å². The second-order valence-electron chi connectivity index (χ2n) is 1.61. The van der Waals surface area contributed by atoms with E-state index in [4.69, 9.17) is 0 Å². The van der Waals surface area contributed by atoms with E-state index in [1.165, 1.54) is 0 Å². The van der Waals surface area contributed by atoms with E-state index in [2.05, 4.69) is 4.99 Å². The molecule has 0 N–H and O–H groups in total. The summed E-state index contributed by atoms with van der Waals surface area (Å²) in [5, 5.41) is 0. The van der Waals surface area contributed by atoms with Gasteiger partial charge in [-0.1, -0.05) is 6.08 Å². The number of aldehydes is 1. The lowest BCUT2D eigenvalue weighted by Crippen LogP contribution is -1.74. The Labute approximate surface area is 47.9 Å². The second kappa shape index (κ2) is 2.40. The van der Waals surface area contributed by atoms with Gasteiger partial charge in [0.2, 0.25) is 0 Å². The first kappa shape index (κ1) is 5.22. The number of carbonyl (C=O) groups excluding carboxylic acids is 1. The third-order valence-corrected chi connectivity index (χ3v) is 1.01. The molecule has 0 atom stereocenters. The zero-order chi connectivity index (χ0) is 5.82. The largest absolute Gasteiger partial charge is 0.303 e. The maximum Gasteiger partial charge on any atom is 0.125 e. The van der Waals surface area contributed by atoms with Crippen LogP contribution in [0.25, 0.3) is 0 Å². The molecule has 42 valence electrons. The molecule has 1 heterocycles. The normalized spacial score (nSPS) is 16.2. The van der Waals surface area contributed by atoms with Gasteiger partial charge in [0.1, 0.15) is 6.29 Å². The van der Waals surface area contributed by atoms with Gasteiger partial charge < -0.3 is 4.79 Å². The van der Waals surface area contributed by atoms with E-state index in [1.807, 2.05) is 6.08 Å². The summed E-state index contributed by atoms with van der Waals surface area (Å²) in [6, 6.07) is 0. The highest BCUT2D eigenvalue weighted by molar-refractivity contribution is 5.67. The van der Waals surface area contributed by atoms with Gasteiger partial charge in [0.05, 0.1) is 0 Å². The fourth-order valence-corrected chi connectivity index (χ4v) is 0.633. The number of aliphatic imine (C=N–C) groups is 1. The van der Waals surface area contributed by atoms with Crippen LogP contribution in [0, 0.1) is 0 Å². The van der Waals surface area contributed by atoms with Gasteiger partial charge in [0, 0.05) is 24.8 Å². The smallest absolute Gasteiger partial charge is 0.125 e. The van der Waals surface area contributed by atoms with Crippen molar-refractivity contribution in [3.05, 3.63) is 11.8 Å². The fraction of sp³-hybridized carbons (Fsp3) is 0.333. The molecule has 0 amide bonds. The van der Waals surface area contributed by atoms with Crippen molar-refractivity contribution >= 4 is 12.5 Å². The van der Waals surface area contributed by atoms with E-state index in [1.54, 1.807) is 6.21 Å². The quantitative estimate of drug-likeness (QED) is 0.485. The fourth-order valence-electron chi connectivity index (χ4n) is 0.633. The minimum atomic E-state index is 0.469. The molecule has 0 aliphatic carbocycles. The molecule has 0 radical (unpaired) electrons. The number of hydrogen-bond donors (Lipinski definition) is 0. The highest BCUT2D eigenvalue weighted by atomic mass is 16.1. The van der Waals surface area contributed by atoms with Gasteiger partial charge in [-0.15, -0.1) is 0 Å². The Balaban J connectivity index is 2.45. The molecule has 1 rings (SSSR count). The molecule has 0 spiro atoms. The molecule has 0 aromatic heterocycles. The monoisotopic (exact) mass is 109 g/mol. The molecule has 2 heteroatoms. The molecule has 8 heavy (non-hydrogen) atoms. The minimum absolute atomic E-state index is 0.469.